The van der Waals surface area contributed by atoms with Crippen LogP contribution in [-0.2, 0) is 15.6 Å². The Morgan fingerprint density at radius 2 is 2.00 bits per heavy atom. The van der Waals surface area contributed by atoms with E-state index in [1.165, 1.54) is 6.20 Å². The second-order valence-electron chi connectivity index (χ2n) is 4.79. The van der Waals surface area contributed by atoms with Gasteiger partial charge in [-0.1, -0.05) is 30.3 Å². The molecule has 2 rings (SSSR count). The van der Waals surface area contributed by atoms with Gasteiger partial charge >= 0.3 is 0 Å². The summed E-state index contributed by atoms with van der Waals surface area (Å²) in [4.78, 5) is 6.55. The molecular formula is C13H17N3O3S. The lowest BCUT2D eigenvalue weighted by atomic mass is 9.94. The fourth-order valence-electron chi connectivity index (χ4n) is 1.87. The van der Waals surface area contributed by atoms with E-state index in [0.29, 0.717) is 11.4 Å². The zero-order chi connectivity index (χ0) is 14.8. The number of aromatic nitrogens is 2. The van der Waals surface area contributed by atoms with E-state index in [0.717, 1.165) is 0 Å². The smallest absolute Gasteiger partial charge is 0.258 e. The number of aromatic amines is 1. The maximum atomic E-state index is 12.3. The third-order valence-electron chi connectivity index (χ3n) is 3.06. The summed E-state index contributed by atoms with van der Waals surface area (Å²) in [6.07, 6.45) is 1.25. The summed E-state index contributed by atoms with van der Waals surface area (Å²) in [5.41, 5.74) is -0.415. The van der Waals surface area contributed by atoms with Crippen molar-refractivity contribution in [2.24, 2.45) is 0 Å². The van der Waals surface area contributed by atoms with Gasteiger partial charge in [-0.2, -0.15) is 4.72 Å². The predicted octanol–water partition coefficient (Wildman–Crippen LogP) is 0.904. The van der Waals surface area contributed by atoms with Crippen molar-refractivity contribution in [3.8, 4) is 0 Å². The molecule has 6 nitrogen and oxygen atoms in total. The quantitative estimate of drug-likeness (QED) is 0.764. The monoisotopic (exact) mass is 295 g/mol. The fraction of sp³-hybridized carbons (Fsp3) is 0.308. The van der Waals surface area contributed by atoms with Gasteiger partial charge in [0.2, 0.25) is 0 Å². The summed E-state index contributed by atoms with van der Waals surface area (Å²) in [5, 5.41) is 9.58. The number of nitrogens with one attached hydrogen (secondary N) is 2. The van der Waals surface area contributed by atoms with Crippen LogP contribution in [0.4, 0.5) is 0 Å². The Labute approximate surface area is 117 Å². The first-order valence-corrected chi connectivity index (χ1v) is 7.58. The molecule has 0 aliphatic rings. The van der Waals surface area contributed by atoms with Gasteiger partial charge < -0.3 is 10.1 Å². The highest BCUT2D eigenvalue weighted by Gasteiger charge is 2.32. The molecule has 1 unspecified atom stereocenters. The largest absolute Gasteiger partial charge is 0.394 e. The van der Waals surface area contributed by atoms with Gasteiger partial charge in [0.1, 0.15) is 5.82 Å². The van der Waals surface area contributed by atoms with Crippen molar-refractivity contribution in [2.45, 2.75) is 24.4 Å². The van der Waals surface area contributed by atoms with Gasteiger partial charge in [0, 0.05) is 0 Å². The number of aliphatic hydroxyl groups is 1. The first-order valence-electron chi connectivity index (χ1n) is 6.09. The van der Waals surface area contributed by atoms with Gasteiger partial charge in [0.05, 0.1) is 18.3 Å². The van der Waals surface area contributed by atoms with Gasteiger partial charge in [-0.05, 0) is 19.4 Å². The molecule has 1 heterocycles. The van der Waals surface area contributed by atoms with E-state index in [4.69, 9.17) is 0 Å². The molecule has 1 aromatic carbocycles. The summed E-state index contributed by atoms with van der Waals surface area (Å²) in [6, 6.07) is 8.93. The van der Waals surface area contributed by atoms with Gasteiger partial charge in [0.15, 0.2) is 5.03 Å². The minimum absolute atomic E-state index is 0.0226. The van der Waals surface area contributed by atoms with Crippen molar-refractivity contribution in [2.75, 3.05) is 6.61 Å². The molecule has 3 N–H and O–H groups in total. The number of aliphatic hydroxyl groups excluding tert-OH is 1. The molecule has 0 saturated carbocycles. The predicted molar refractivity (Wildman–Crippen MR) is 74.5 cm³/mol. The van der Waals surface area contributed by atoms with Crippen molar-refractivity contribution in [3.05, 3.63) is 47.9 Å². The molecule has 0 spiro atoms. The summed E-state index contributed by atoms with van der Waals surface area (Å²) in [6.45, 7) is 2.94. The topological polar surface area (TPSA) is 95.1 Å². The average Bonchev–Trinajstić information content (AvgIpc) is 2.87. The van der Waals surface area contributed by atoms with Gasteiger partial charge in [-0.15, -0.1) is 0 Å². The highest BCUT2D eigenvalue weighted by atomic mass is 32.2. The van der Waals surface area contributed by atoms with Crippen LogP contribution in [0.3, 0.4) is 0 Å². The molecule has 0 bridgehead atoms. The zero-order valence-electron chi connectivity index (χ0n) is 11.3. The van der Waals surface area contributed by atoms with E-state index >= 15 is 0 Å². The molecule has 20 heavy (non-hydrogen) atoms. The second kappa shape index (κ2) is 5.35. The van der Waals surface area contributed by atoms with E-state index < -0.39 is 15.6 Å². The van der Waals surface area contributed by atoms with E-state index in [9.17, 15) is 13.5 Å². The number of H-pyrrole nitrogens is 1. The maximum absolute atomic E-state index is 12.3. The number of sulfonamides is 1. The first-order chi connectivity index (χ1) is 9.37. The molecular weight excluding hydrogens is 278 g/mol. The Bertz CT molecular complexity index is 682. The molecule has 2 aromatic rings. The molecule has 0 radical (unpaired) electrons. The molecule has 7 heteroatoms. The molecule has 1 atom stereocenters. The molecule has 0 aliphatic carbocycles. The Kier molecular flexibility index (Phi) is 3.94. The van der Waals surface area contributed by atoms with Crippen molar-refractivity contribution in [1.82, 2.24) is 14.7 Å². The lowest BCUT2D eigenvalue weighted by molar-refractivity contribution is 0.196. The normalized spacial score (nSPS) is 14.9. The first kappa shape index (κ1) is 14.7. The van der Waals surface area contributed by atoms with Crippen LogP contribution < -0.4 is 4.72 Å². The minimum Gasteiger partial charge on any atom is -0.394 e. The number of hydrogen-bond donors (Lipinski definition) is 3. The Hall–Kier alpha value is -1.70. The Morgan fingerprint density at radius 1 is 1.35 bits per heavy atom. The van der Waals surface area contributed by atoms with Gasteiger partial charge in [0.25, 0.3) is 10.0 Å². The average molecular weight is 295 g/mol. The van der Waals surface area contributed by atoms with Crippen LogP contribution in [0.15, 0.2) is 41.6 Å². The van der Waals surface area contributed by atoms with Crippen molar-refractivity contribution < 1.29 is 13.5 Å². The van der Waals surface area contributed by atoms with Crippen LogP contribution in [0.25, 0.3) is 0 Å². The zero-order valence-corrected chi connectivity index (χ0v) is 12.1. The molecule has 0 saturated heterocycles. The van der Waals surface area contributed by atoms with E-state index in [-0.39, 0.29) is 11.6 Å². The summed E-state index contributed by atoms with van der Waals surface area (Å²) >= 11 is 0. The van der Waals surface area contributed by atoms with Crippen LogP contribution in [0.1, 0.15) is 18.3 Å². The molecule has 0 amide bonds. The van der Waals surface area contributed by atoms with E-state index in [1.54, 1.807) is 38.1 Å². The molecule has 0 fully saturated rings. The third-order valence-corrected chi connectivity index (χ3v) is 4.56. The number of benzene rings is 1. The van der Waals surface area contributed by atoms with Gasteiger partial charge in [-0.3, -0.25) is 0 Å². The van der Waals surface area contributed by atoms with Crippen LogP contribution in [0.2, 0.25) is 0 Å². The molecule has 0 aliphatic heterocycles. The lowest BCUT2D eigenvalue weighted by Gasteiger charge is -2.28. The summed E-state index contributed by atoms with van der Waals surface area (Å²) in [5.74, 6) is 0.510. The van der Waals surface area contributed by atoms with Crippen LogP contribution in [-0.4, -0.2) is 30.1 Å². The summed E-state index contributed by atoms with van der Waals surface area (Å²) < 4.78 is 27.1. The van der Waals surface area contributed by atoms with Crippen LogP contribution in [0, 0.1) is 6.92 Å². The minimum atomic E-state index is -3.79. The lowest BCUT2D eigenvalue weighted by Crippen LogP contribution is -2.46. The van der Waals surface area contributed by atoms with E-state index in [2.05, 4.69) is 14.7 Å². The second-order valence-corrected chi connectivity index (χ2v) is 6.45. The SMILES string of the molecule is Cc1ncc(S(=O)(=O)NC(C)(CO)c2ccccc2)[nH]1. The van der Waals surface area contributed by atoms with Crippen molar-refractivity contribution >= 4 is 10.0 Å². The van der Waals surface area contributed by atoms with Gasteiger partial charge in [-0.25, -0.2) is 13.4 Å². The number of hydrogen-bond acceptors (Lipinski definition) is 4. The Morgan fingerprint density at radius 3 is 2.50 bits per heavy atom. The number of rotatable bonds is 5. The number of nitrogens with zero attached hydrogens (tertiary/aromatic N) is 1. The Balaban J connectivity index is 2.35. The highest BCUT2D eigenvalue weighted by molar-refractivity contribution is 7.89. The number of imidazole rings is 1. The van der Waals surface area contributed by atoms with Crippen LogP contribution >= 0.6 is 0 Å². The third kappa shape index (κ3) is 2.90. The molecule has 1 aromatic heterocycles. The number of aryl methyl sites for hydroxylation is 1. The van der Waals surface area contributed by atoms with E-state index in [1.807, 2.05) is 6.07 Å². The van der Waals surface area contributed by atoms with Crippen molar-refractivity contribution in [1.29, 1.82) is 0 Å². The standard InChI is InChI=1S/C13H17N3O3S/c1-10-14-8-12(15-10)20(18,19)16-13(2,9-17)11-6-4-3-5-7-11/h3-8,16-17H,9H2,1-2H3,(H,14,15). The van der Waals surface area contributed by atoms with Crippen molar-refractivity contribution in [3.63, 3.8) is 0 Å². The summed E-state index contributed by atoms with van der Waals surface area (Å²) in [7, 11) is -3.79. The highest BCUT2D eigenvalue weighted by Crippen LogP contribution is 2.22. The van der Waals surface area contributed by atoms with Crippen LogP contribution in [0.5, 0.6) is 0 Å². The molecule has 108 valence electrons. The fourth-order valence-corrected chi connectivity index (χ4v) is 3.23. The maximum Gasteiger partial charge on any atom is 0.258 e.